The van der Waals surface area contributed by atoms with E-state index in [9.17, 15) is 0 Å². The smallest absolute Gasteiger partial charge is 0.400 e. The Bertz CT molecular complexity index is 732. The molecule has 0 N–H and O–H groups in total. The van der Waals surface area contributed by atoms with Gasteiger partial charge in [-0.05, 0) is 84.8 Å². The van der Waals surface area contributed by atoms with Crippen LogP contribution in [0.1, 0.15) is 58.4 Å². The summed E-state index contributed by atoms with van der Waals surface area (Å²) in [5.41, 5.74) is 5.21. The number of aromatic nitrogens is 1. The van der Waals surface area contributed by atoms with Gasteiger partial charge in [-0.1, -0.05) is 6.08 Å². The van der Waals surface area contributed by atoms with E-state index in [0.717, 1.165) is 33.6 Å². The minimum Gasteiger partial charge on any atom is -0.400 e. The molecule has 25 heavy (non-hydrogen) atoms. The second-order valence-electron chi connectivity index (χ2n) is 7.81. The van der Waals surface area contributed by atoms with Crippen LogP contribution in [0.4, 0.5) is 0 Å². The maximum atomic E-state index is 6.12. The van der Waals surface area contributed by atoms with Crippen molar-refractivity contribution < 1.29 is 9.31 Å². The van der Waals surface area contributed by atoms with Gasteiger partial charge >= 0.3 is 7.12 Å². The normalized spacial score (nSPS) is 20.5. The summed E-state index contributed by atoms with van der Waals surface area (Å²) in [6.07, 6.45) is 3.92. The third-order valence-corrected chi connectivity index (χ3v) is 5.08. The summed E-state index contributed by atoms with van der Waals surface area (Å²) in [5.74, 6) is 0. The first kappa shape index (κ1) is 19.6. The lowest BCUT2D eigenvalue weighted by molar-refractivity contribution is 0.00578. The number of allylic oxidation sites excluding steroid dienone is 3. The lowest BCUT2D eigenvalue weighted by atomic mass is 9.78. The molecule has 1 fully saturated rings. The average Bonchev–Trinajstić information content (AvgIpc) is 2.72. The minimum absolute atomic E-state index is 0.346. The fraction of sp³-hybridized carbons (Fsp3) is 0.500. The monoisotopic (exact) mass is 340 g/mol. The molecule has 4 nitrogen and oxygen atoms in total. The zero-order valence-corrected chi connectivity index (χ0v) is 16.7. The predicted molar refractivity (Wildman–Crippen MR) is 106 cm³/mol. The van der Waals surface area contributed by atoms with E-state index in [4.69, 9.17) is 9.31 Å². The molecule has 0 amide bonds. The molecule has 2 heterocycles. The Morgan fingerprint density at radius 2 is 1.72 bits per heavy atom. The van der Waals surface area contributed by atoms with Gasteiger partial charge in [0.05, 0.1) is 16.9 Å². The number of nitrogens with zero attached hydrogens (tertiary/aromatic N) is 2. The van der Waals surface area contributed by atoms with Gasteiger partial charge in [0.1, 0.15) is 0 Å². The molecule has 0 aromatic carbocycles. The summed E-state index contributed by atoms with van der Waals surface area (Å²) in [7, 11) is -0.359. The largest absolute Gasteiger partial charge is 0.490 e. The van der Waals surface area contributed by atoms with Crippen LogP contribution in [0.3, 0.4) is 0 Å². The summed E-state index contributed by atoms with van der Waals surface area (Å²) >= 11 is 0. The summed E-state index contributed by atoms with van der Waals surface area (Å²) in [5, 5.41) is 0. The van der Waals surface area contributed by atoms with Crippen molar-refractivity contribution in [2.24, 2.45) is 4.99 Å². The van der Waals surface area contributed by atoms with E-state index < -0.39 is 0 Å². The fourth-order valence-electron chi connectivity index (χ4n) is 2.81. The Balaban J connectivity index is 2.39. The van der Waals surface area contributed by atoms with Crippen molar-refractivity contribution in [1.29, 1.82) is 0 Å². The Labute approximate surface area is 152 Å². The molecular weight excluding hydrogens is 311 g/mol. The van der Waals surface area contributed by atoms with E-state index in [1.165, 1.54) is 0 Å². The number of pyridine rings is 1. The van der Waals surface area contributed by atoms with Crippen molar-refractivity contribution in [2.75, 3.05) is 0 Å². The van der Waals surface area contributed by atoms with Gasteiger partial charge in [0.2, 0.25) is 0 Å². The zero-order valence-electron chi connectivity index (χ0n) is 16.7. The molecule has 0 radical (unpaired) electrons. The molecule has 0 aliphatic carbocycles. The minimum atomic E-state index is -0.359. The second-order valence-corrected chi connectivity index (χ2v) is 7.81. The highest BCUT2D eigenvalue weighted by atomic mass is 16.7. The van der Waals surface area contributed by atoms with Gasteiger partial charge in [-0.15, -0.1) is 0 Å². The van der Waals surface area contributed by atoms with Crippen molar-refractivity contribution in [2.45, 2.75) is 66.6 Å². The standard InChI is InChI=1S/C20H29BN2O2/c1-13-10-17(16(4)23-12-13)18(22-9)14(2)11-15(3)21-24-19(5,6)20(7,8)25-21/h10-12H,9H2,1-8H3/b15-11+,18-14-. The summed E-state index contributed by atoms with van der Waals surface area (Å²) < 4.78 is 12.2. The molecule has 134 valence electrons. The van der Waals surface area contributed by atoms with E-state index >= 15 is 0 Å². The maximum absolute atomic E-state index is 6.12. The quantitative estimate of drug-likeness (QED) is 0.453. The molecule has 2 rings (SSSR count). The van der Waals surface area contributed by atoms with E-state index in [1.807, 2.05) is 33.9 Å². The van der Waals surface area contributed by atoms with Crippen molar-refractivity contribution >= 4 is 19.5 Å². The topological polar surface area (TPSA) is 43.7 Å². The summed E-state index contributed by atoms with van der Waals surface area (Å²) in [6, 6.07) is 2.09. The number of aliphatic imine (C=N–C) groups is 1. The Hall–Kier alpha value is -1.72. The summed E-state index contributed by atoms with van der Waals surface area (Å²) in [6.45, 7) is 20.0. The Morgan fingerprint density at radius 1 is 1.16 bits per heavy atom. The number of rotatable bonds is 4. The van der Waals surface area contributed by atoms with Crippen LogP contribution in [0.25, 0.3) is 5.70 Å². The maximum Gasteiger partial charge on any atom is 0.490 e. The predicted octanol–water partition coefficient (Wildman–Crippen LogP) is 4.71. The molecule has 0 saturated carbocycles. The first-order valence-corrected chi connectivity index (χ1v) is 8.63. The van der Waals surface area contributed by atoms with Crippen LogP contribution in [0.2, 0.25) is 0 Å². The van der Waals surface area contributed by atoms with Crippen LogP contribution in [0, 0.1) is 13.8 Å². The van der Waals surface area contributed by atoms with Gasteiger partial charge in [0.15, 0.2) is 0 Å². The van der Waals surface area contributed by atoms with Crippen LogP contribution in [0.15, 0.2) is 34.4 Å². The van der Waals surface area contributed by atoms with Crippen LogP contribution in [0.5, 0.6) is 0 Å². The Morgan fingerprint density at radius 3 is 2.24 bits per heavy atom. The molecule has 0 atom stereocenters. The third-order valence-electron chi connectivity index (χ3n) is 5.08. The number of hydrogen-bond donors (Lipinski definition) is 0. The molecule has 0 spiro atoms. The molecular formula is C20H29BN2O2. The molecule has 1 saturated heterocycles. The van der Waals surface area contributed by atoms with Gasteiger partial charge in [-0.3, -0.25) is 9.98 Å². The van der Waals surface area contributed by atoms with E-state index in [0.29, 0.717) is 0 Å². The third kappa shape index (κ3) is 3.93. The molecule has 0 unspecified atom stereocenters. The van der Waals surface area contributed by atoms with Crippen LogP contribution in [-0.4, -0.2) is 30.0 Å². The second kappa shape index (κ2) is 6.89. The molecule has 1 aromatic rings. The summed E-state index contributed by atoms with van der Waals surface area (Å²) in [4.78, 5) is 8.69. The molecule has 0 bridgehead atoms. The highest BCUT2D eigenvalue weighted by molar-refractivity contribution is 6.54. The molecule has 1 aromatic heterocycles. The van der Waals surface area contributed by atoms with Crippen molar-refractivity contribution in [3.8, 4) is 0 Å². The van der Waals surface area contributed by atoms with Crippen LogP contribution in [-0.2, 0) is 9.31 Å². The van der Waals surface area contributed by atoms with Crippen molar-refractivity contribution in [3.05, 3.63) is 46.2 Å². The highest BCUT2D eigenvalue weighted by Gasteiger charge is 2.51. The zero-order chi connectivity index (χ0) is 19.0. The lowest BCUT2D eigenvalue weighted by Gasteiger charge is -2.32. The van der Waals surface area contributed by atoms with Crippen molar-refractivity contribution in [3.63, 3.8) is 0 Å². The fourth-order valence-corrected chi connectivity index (χ4v) is 2.81. The van der Waals surface area contributed by atoms with Crippen LogP contribution >= 0.6 is 0 Å². The lowest BCUT2D eigenvalue weighted by Crippen LogP contribution is -2.41. The molecule has 1 aliphatic heterocycles. The van der Waals surface area contributed by atoms with E-state index in [2.05, 4.69) is 56.5 Å². The highest BCUT2D eigenvalue weighted by Crippen LogP contribution is 2.38. The van der Waals surface area contributed by atoms with E-state index in [-0.39, 0.29) is 18.3 Å². The average molecular weight is 340 g/mol. The van der Waals surface area contributed by atoms with Crippen molar-refractivity contribution in [1.82, 2.24) is 4.98 Å². The van der Waals surface area contributed by atoms with Gasteiger partial charge in [-0.25, -0.2) is 0 Å². The first-order chi connectivity index (χ1) is 11.5. The molecule has 1 aliphatic rings. The van der Waals surface area contributed by atoms with Gasteiger partial charge < -0.3 is 9.31 Å². The number of hydrogen-bond acceptors (Lipinski definition) is 4. The van der Waals surface area contributed by atoms with E-state index in [1.54, 1.807) is 0 Å². The van der Waals surface area contributed by atoms with Gasteiger partial charge in [0, 0.05) is 17.5 Å². The Kier molecular flexibility index (Phi) is 5.40. The number of aryl methyl sites for hydroxylation is 2. The van der Waals surface area contributed by atoms with Gasteiger partial charge in [0.25, 0.3) is 0 Å². The van der Waals surface area contributed by atoms with Crippen LogP contribution < -0.4 is 0 Å². The first-order valence-electron chi connectivity index (χ1n) is 8.63. The molecule has 5 heteroatoms. The van der Waals surface area contributed by atoms with Gasteiger partial charge in [-0.2, -0.15) is 0 Å². The SMILES string of the molecule is C=N/C(=C(C)\C=C(/C)B1OC(C)(C)C(C)(C)O1)c1cc(C)cnc1C.